The van der Waals surface area contributed by atoms with Gasteiger partial charge in [-0.25, -0.2) is 0 Å². The van der Waals surface area contributed by atoms with Gasteiger partial charge in [0, 0.05) is 29.2 Å². The Morgan fingerprint density at radius 1 is 1.32 bits per heavy atom. The van der Waals surface area contributed by atoms with E-state index >= 15 is 0 Å². The summed E-state index contributed by atoms with van der Waals surface area (Å²) in [5, 5.41) is 1.47. The molecule has 1 saturated heterocycles. The molecular formula is C15H22Cl2N2. The van der Waals surface area contributed by atoms with Gasteiger partial charge in [-0.2, -0.15) is 0 Å². The fraction of sp³-hybridized carbons (Fsp3) is 0.600. The lowest BCUT2D eigenvalue weighted by Gasteiger charge is -2.40. The van der Waals surface area contributed by atoms with E-state index in [4.69, 9.17) is 28.9 Å². The molecule has 0 aliphatic carbocycles. The van der Waals surface area contributed by atoms with Crippen molar-refractivity contribution in [1.82, 2.24) is 4.90 Å². The number of rotatable bonds is 3. The Morgan fingerprint density at radius 3 is 2.68 bits per heavy atom. The van der Waals surface area contributed by atoms with Crippen molar-refractivity contribution in [3.8, 4) is 0 Å². The molecule has 19 heavy (non-hydrogen) atoms. The smallest absolute Gasteiger partial charge is 0.0485 e. The maximum Gasteiger partial charge on any atom is 0.0485 e. The number of hydrogen-bond donors (Lipinski definition) is 1. The van der Waals surface area contributed by atoms with Crippen molar-refractivity contribution in [2.24, 2.45) is 17.6 Å². The number of hydrogen-bond acceptors (Lipinski definition) is 2. The largest absolute Gasteiger partial charge is 0.329 e. The quantitative estimate of drug-likeness (QED) is 0.915. The lowest BCUT2D eigenvalue weighted by molar-refractivity contribution is 0.0983. The third-order valence-electron chi connectivity index (χ3n) is 4.35. The van der Waals surface area contributed by atoms with Crippen LogP contribution >= 0.6 is 23.2 Å². The zero-order valence-corrected chi connectivity index (χ0v) is 13.1. The van der Waals surface area contributed by atoms with Crippen LogP contribution in [-0.2, 0) is 0 Å². The average molecular weight is 301 g/mol. The zero-order chi connectivity index (χ0) is 14.0. The summed E-state index contributed by atoms with van der Waals surface area (Å²) in [6.07, 6.45) is 1.22. The van der Waals surface area contributed by atoms with Crippen molar-refractivity contribution < 1.29 is 0 Å². The van der Waals surface area contributed by atoms with Gasteiger partial charge in [-0.05, 0) is 48.6 Å². The van der Waals surface area contributed by atoms with Crippen LogP contribution in [-0.4, -0.2) is 24.5 Å². The predicted octanol–water partition coefficient (Wildman–Crippen LogP) is 3.97. The number of piperidine rings is 1. The van der Waals surface area contributed by atoms with Crippen LogP contribution in [0.5, 0.6) is 0 Å². The molecule has 1 aliphatic rings. The Balaban J connectivity index is 2.22. The fourth-order valence-electron chi connectivity index (χ4n) is 2.82. The average Bonchev–Trinajstić information content (AvgIpc) is 2.38. The first-order valence-electron chi connectivity index (χ1n) is 6.92. The van der Waals surface area contributed by atoms with E-state index in [9.17, 15) is 0 Å². The van der Waals surface area contributed by atoms with E-state index in [-0.39, 0.29) is 6.04 Å². The van der Waals surface area contributed by atoms with E-state index < -0.39 is 0 Å². The van der Waals surface area contributed by atoms with Gasteiger partial charge >= 0.3 is 0 Å². The predicted molar refractivity (Wildman–Crippen MR) is 82.8 cm³/mol. The normalized spacial score (nSPS) is 26.4. The standard InChI is InChI=1S/C15H22Cl2N2/c1-10-5-6-19(9-11(10)2)15(8-18)13-7-12(16)3-4-14(13)17/h3-4,7,10-11,15H,5-6,8-9,18H2,1-2H3. The van der Waals surface area contributed by atoms with Gasteiger partial charge in [0.1, 0.15) is 0 Å². The first-order valence-corrected chi connectivity index (χ1v) is 7.67. The molecular weight excluding hydrogens is 279 g/mol. The van der Waals surface area contributed by atoms with Crippen LogP contribution in [0.2, 0.25) is 10.0 Å². The van der Waals surface area contributed by atoms with Crippen molar-refractivity contribution >= 4 is 23.2 Å². The van der Waals surface area contributed by atoms with Crippen molar-refractivity contribution in [3.05, 3.63) is 33.8 Å². The molecule has 0 amide bonds. The van der Waals surface area contributed by atoms with Gasteiger partial charge in [0.15, 0.2) is 0 Å². The van der Waals surface area contributed by atoms with Gasteiger partial charge in [-0.3, -0.25) is 4.90 Å². The summed E-state index contributed by atoms with van der Waals surface area (Å²) in [5.74, 6) is 1.48. The van der Waals surface area contributed by atoms with E-state index in [1.165, 1.54) is 6.42 Å². The van der Waals surface area contributed by atoms with Crippen molar-refractivity contribution in [2.45, 2.75) is 26.3 Å². The van der Waals surface area contributed by atoms with Crippen LogP contribution in [0.15, 0.2) is 18.2 Å². The van der Waals surface area contributed by atoms with Gasteiger partial charge in [0.05, 0.1) is 0 Å². The van der Waals surface area contributed by atoms with E-state index in [0.29, 0.717) is 12.5 Å². The minimum atomic E-state index is 0.168. The van der Waals surface area contributed by atoms with E-state index in [1.807, 2.05) is 18.2 Å². The molecule has 3 unspecified atom stereocenters. The molecule has 1 heterocycles. The molecule has 2 rings (SSSR count). The number of likely N-dealkylation sites (tertiary alicyclic amines) is 1. The topological polar surface area (TPSA) is 29.3 Å². The number of nitrogens with zero attached hydrogens (tertiary/aromatic N) is 1. The highest BCUT2D eigenvalue weighted by atomic mass is 35.5. The van der Waals surface area contributed by atoms with Crippen LogP contribution < -0.4 is 5.73 Å². The highest BCUT2D eigenvalue weighted by Crippen LogP contribution is 2.33. The number of nitrogens with two attached hydrogens (primary N) is 1. The third-order valence-corrected chi connectivity index (χ3v) is 4.93. The molecule has 0 radical (unpaired) electrons. The Bertz CT molecular complexity index is 436. The summed E-state index contributed by atoms with van der Waals surface area (Å²) >= 11 is 12.4. The maximum absolute atomic E-state index is 6.31. The molecule has 1 aromatic carbocycles. The van der Waals surface area contributed by atoms with E-state index in [1.54, 1.807) is 0 Å². The van der Waals surface area contributed by atoms with Crippen LogP contribution in [0, 0.1) is 11.8 Å². The lowest BCUT2D eigenvalue weighted by Crippen LogP contribution is -2.43. The van der Waals surface area contributed by atoms with Crippen molar-refractivity contribution in [3.63, 3.8) is 0 Å². The molecule has 4 heteroatoms. The highest BCUT2D eigenvalue weighted by Gasteiger charge is 2.28. The van der Waals surface area contributed by atoms with Gasteiger partial charge in [0.2, 0.25) is 0 Å². The number of halogens is 2. The minimum absolute atomic E-state index is 0.168. The van der Waals surface area contributed by atoms with Crippen LogP contribution in [0.25, 0.3) is 0 Å². The third kappa shape index (κ3) is 3.43. The summed E-state index contributed by atoms with van der Waals surface area (Å²) in [5.41, 5.74) is 7.05. The molecule has 1 aliphatic heterocycles. The van der Waals surface area contributed by atoms with Crippen LogP contribution in [0.1, 0.15) is 31.9 Å². The summed E-state index contributed by atoms with van der Waals surface area (Å²) in [6, 6.07) is 5.80. The molecule has 0 saturated carbocycles. The molecule has 1 fully saturated rings. The molecule has 0 spiro atoms. The lowest BCUT2D eigenvalue weighted by atomic mass is 9.87. The molecule has 0 aromatic heterocycles. The second-order valence-corrected chi connectivity index (χ2v) is 6.50. The van der Waals surface area contributed by atoms with Crippen LogP contribution in [0.4, 0.5) is 0 Å². The first-order chi connectivity index (χ1) is 9.02. The van der Waals surface area contributed by atoms with Gasteiger partial charge in [0.25, 0.3) is 0 Å². The second-order valence-electron chi connectivity index (χ2n) is 5.66. The Labute approximate surface area is 125 Å². The monoisotopic (exact) mass is 300 g/mol. The van der Waals surface area contributed by atoms with Gasteiger partial charge < -0.3 is 5.73 Å². The second kappa shape index (κ2) is 6.45. The molecule has 106 valence electrons. The minimum Gasteiger partial charge on any atom is -0.329 e. The van der Waals surface area contributed by atoms with E-state index in [0.717, 1.165) is 34.6 Å². The maximum atomic E-state index is 6.31. The summed E-state index contributed by atoms with van der Waals surface area (Å²) in [4.78, 5) is 2.45. The Kier molecular flexibility index (Phi) is 5.13. The summed E-state index contributed by atoms with van der Waals surface area (Å²) < 4.78 is 0. The van der Waals surface area contributed by atoms with Gasteiger partial charge in [-0.15, -0.1) is 0 Å². The fourth-order valence-corrected chi connectivity index (χ4v) is 3.24. The molecule has 2 nitrogen and oxygen atoms in total. The molecule has 1 aromatic rings. The van der Waals surface area contributed by atoms with E-state index in [2.05, 4.69) is 18.7 Å². The molecule has 0 bridgehead atoms. The van der Waals surface area contributed by atoms with Crippen molar-refractivity contribution in [2.75, 3.05) is 19.6 Å². The van der Waals surface area contributed by atoms with Gasteiger partial charge in [-0.1, -0.05) is 37.0 Å². The van der Waals surface area contributed by atoms with Crippen LogP contribution in [0.3, 0.4) is 0 Å². The zero-order valence-electron chi connectivity index (χ0n) is 11.6. The first kappa shape index (κ1) is 15.1. The Hall–Kier alpha value is -0.280. The molecule has 2 N–H and O–H groups in total. The van der Waals surface area contributed by atoms with Crippen molar-refractivity contribution in [1.29, 1.82) is 0 Å². The summed E-state index contributed by atoms with van der Waals surface area (Å²) in [7, 11) is 0. The summed E-state index contributed by atoms with van der Waals surface area (Å²) in [6.45, 7) is 7.36. The Morgan fingerprint density at radius 2 is 2.05 bits per heavy atom. The SMILES string of the molecule is CC1CCN(C(CN)c2cc(Cl)ccc2Cl)CC1C. The number of benzene rings is 1. The highest BCUT2D eigenvalue weighted by molar-refractivity contribution is 6.33. The molecule has 3 atom stereocenters.